The molecule has 3 rings (SSSR count). The molecule has 0 saturated carbocycles. The summed E-state index contributed by atoms with van der Waals surface area (Å²) in [7, 11) is 3.05. The van der Waals surface area contributed by atoms with Crippen molar-refractivity contribution < 1.29 is 14.3 Å². The third-order valence-corrected chi connectivity index (χ3v) is 3.59. The highest BCUT2D eigenvalue weighted by Gasteiger charge is 2.12. The summed E-state index contributed by atoms with van der Waals surface area (Å²) >= 11 is 0. The molecule has 0 bridgehead atoms. The summed E-state index contributed by atoms with van der Waals surface area (Å²) in [6, 6.07) is 16.4. The Morgan fingerprint density at radius 2 is 1.84 bits per heavy atom. The number of amides is 1. The van der Waals surface area contributed by atoms with Gasteiger partial charge in [0.2, 0.25) is 0 Å². The molecule has 1 amide bonds. The molecule has 1 heterocycles. The van der Waals surface area contributed by atoms with Gasteiger partial charge in [0.05, 0.1) is 37.0 Å². The average molecular weight is 335 g/mol. The Hall–Kier alpha value is -3.41. The molecular weight excluding hydrogens is 318 g/mol. The van der Waals surface area contributed by atoms with E-state index in [1.165, 1.54) is 7.11 Å². The van der Waals surface area contributed by atoms with Gasteiger partial charge in [-0.25, -0.2) is 9.67 Å². The fourth-order valence-electron chi connectivity index (χ4n) is 2.30. The van der Waals surface area contributed by atoms with Crippen LogP contribution in [0.4, 0.5) is 0 Å². The molecule has 0 fully saturated rings. The second-order valence-corrected chi connectivity index (χ2v) is 5.15. The Morgan fingerprint density at radius 3 is 2.48 bits per heavy atom. The number of benzene rings is 2. The maximum absolute atomic E-state index is 12.4. The molecule has 3 aromatic rings. The van der Waals surface area contributed by atoms with Crippen LogP contribution in [0.1, 0.15) is 10.4 Å². The van der Waals surface area contributed by atoms with Gasteiger partial charge in [0.1, 0.15) is 11.5 Å². The van der Waals surface area contributed by atoms with Gasteiger partial charge in [-0.2, -0.15) is 5.10 Å². The van der Waals surface area contributed by atoms with Crippen molar-refractivity contribution in [2.45, 2.75) is 0 Å². The van der Waals surface area contributed by atoms with Crippen molar-refractivity contribution in [2.75, 3.05) is 14.2 Å². The average Bonchev–Trinajstić information content (AvgIpc) is 2.68. The lowest BCUT2D eigenvalue weighted by Gasteiger charge is -2.07. The summed E-state index contributed by atoms with van der Waals surface area (Å²) in [5.74, 6) is 0.619. The first kappa shape index (κ1) is 16.4. The molecule has 0 unspecified atom stereocenters. The molecule has 6 nitrogen and oxygen atoms in total. The monoisotopic (exact) mass is 335 g/mol. The van der Waals surface area contributed by atoms with E-state index in [9.17, 15) is 4.79 Å². The number of ether oxygens (including phenoxy) is 2. The Kier molecular flexibility index (Phi) is 4.89. The van der Waals surface area contributed by atoms with Crippen LogP contribution >= 0.6 is 0 Å². The highest BCUT2D eigenvalue weighted by molar-refractivity contribution is 5.97. The van der Waals surface area contributed by atoms with Crippen LogP contribution in [0.15, 0.2) is 72.0 Å². The van der Waals surface area contributed by atoms with Gasteiger partial charge in [0.15, 0.2) is 0 Å². The molecule has 0 N–H and O–H groups in total. The summed E-state index contributed by atoms with van der Waals surface area (Å²) in [5, 5.41) is 4.75. The van der Waals surface area contributed by atoms with E-state index in [2.05, 4.69) is 10.1 Å². The number of para-hydroxylation sites is 1. The molecule has 126 valence electrons. The first-order valence-corrected chi connectivity index (χ1v) is 7.63. The summed E-state index contributed by atoms with van der Waals surface area (Å²) in [4.78, 5) is 16.5. The van der Waals surface area contributed by atoms with Crippen LogP contribution in [0, 0.1) is 0 Å². The fourth-order valence-corrected chi connectivity index (χ4v) is 2.30. The predicted octanol–water partition coefficient (Wildman–Crippen LogP) is 2.63. The van der Waals surface area contributed by atoms with E-state index >= 15 is 0 Å². The largest absolute Gasteiger partial charge is 0.497 e. The standard InChI is InChI=1S/C19H17N3O3/c1-24-16-8-9-17(18(12-16)25-2)19(23)21-14-10-11-22(20-13-14)15-6-4-3-5-7-15/h3-13H,1-2H3. The molecule has 25 heavy (non-hydrogen) atoms. The number of nitrogens with zero attached hydrogens (tertiary/aromatic N) is 3. The van der Waals surface area contributed by atoms with Crippen molar-refractivity contribution >= 4 is 5.91 Å². The first-order valence-electron chi connectivity index (χ1n) is 7.63. The second kappa shape index (κ2) is 7.44. The number of aromatic nitrogens is 2. The lowest BCUT2D eigenvalue weighted by atomic mass is 10.2. The lowest BCUT2D eigenvalue weighted by molar-refractivity contribution is 0.0995. The van der Waals surface area contributed by atoms with Crippen LogP contribution in [0.3, 0.4) is 0 Å². The van der Waals surface area contributed by atoms with E-state index < -0.39 is 5.91 Å². The maximum atomic E-state index is 12.4. The lowest BCUT2D eigenvalue weighted by Crippen LogP contribution is -2.11. The van der Waals surface area contributed by atoms with Crippen LogP contribution in [0.25, 0.3) is 5.69 Å². The topological polar surface area (TPSA) is 65.7 Å². The van der Waals surface area contributed by atoms with Gasteiger partial charge in [-0.3, -0.25) is 4.79 Å². The Balaban J connectivity index is 1.89. The van der Waals surface area contributed by atoms with E-state index in [4.69, 9.17) is 9.47 Å². The highest BCUT2D eigenvalue weighted by atomic mass is 16.5. The minimum atomic E-state index is -0.404. The Morgan fingerprint density at radius 1 is 1.04 bits per heavy atom. The molecule has 0 saturated heterocycles. The summed E-state index contributed by atoms with van der Waals surface area (Å²) in [6.07, 6.45) is 3.30. The van der Waals surface area contributed by atoms with Crippen molar-refractivity contribution in [3.8, 4) is 17.2 Å². The molecule has 0 aliphatic rings. The van der Waals surface area contributed by atoms with Crippen LogP contribution in [0.2, 0.25) is 0 Å². The van der Waals surface area contributed by atoms with E-state index in [1.807, 2.05) is 30.3 Å². The van der Waals surface area contributed by atoms with Gasteiger partial charge >= 0.3 is 0 Å². The minimum absolute atomic E-state index is 0.364. The van der Waals surface area contributed by atoms with Crippen molar-refractivity contribution in [1.29, 1.82) is 0 Å². The smallest absolute Gasteiger partial charge is 0.281 e. The molecular formula is C19H17N3O3. The number of hydrogen-bond acceptors (Lipinski definition) is 4. The number of methoxy groups -OCH3 is 2. The normalized spacial score (nSPS) is 11.2. The van der Waals surface area contributed by atoms with E-state index in [1.54, 1.807) is 48.5 Å². The van der Waals surface area contributed by atoms with E-state index in [-0.39, 0.29) is 0 Å². The summed E-state index contributed by atoms with van der Waals surface area (Å²) in [6.45, 7) is 0. The third kappa shape index (κ3) is 3.74. The molecule has 6 heteroatoms. The number of carbonyl (C=O) groups is 1. The van der Waals surface area contributed by atoms with Gasteiger partial charge in [0.25, 0.3) is 5.91 Å². The van der Waals surface area contributed by atoms with Gasteiger partial charge < -0.3 is 9.47 Å². The third-order valence-electron chi connectivity index (χ3n) is 3.59. The molecule has 0 atom stereocenters. The first-order chi connectivity index (χ1) is 12.2. The molecule has 1 aromatic heterocycles. The van der Waals surface area contributed by atoms with Crippen molar-refractivity contribution in [3.63, 3.8) is 0 Å². The van der Waals surface area contributed by atoms with E-state index in [0.717, 1.165) is 5.69 Å². The number of carbonyl (C=O) groups excluding carboxylic acids is 1. The van der Waals surface area contributed by atoms with Crippen LogP contribution < -0.4 is 14.8 Å². The van der Waals surface area contributed by atoms with Crippen molar-refractivity contribution in [2.24, 2.45) is 4.99 Å². The van der Waals surface area contributed by atoms with Crippen LogP contribution in [-0.2, 0) is 0 Å². The molecule has 0 spiro atoms. The summed E-state index contributed by atoms with van der Waals surface area (Å²) in [5.41, 5.74) is 1.29. The summed E-state index contributed by atoms with van der Waals surface area (Å²) < 4.78 is 12.1. The van der Waals surface area contributed by atoms with Gasteiger partial charge in [-0.1, -0.05) is 18.2 Å². The number of hydrogen-bond donors (Lipinski definition) is 0. The van der Waals surface area contributed by atoms with Crippen molar-refractivity contribution in [3.05, 3.63) is 77.9 Å². The van der Waals surface area contributed by atoms with Gasteiger partial charge in [-0.15, -0.1) is 0 Å². The number of rotatable bonds is 4. The zero-order valence-corrected chi connectivity index (χ0v) is 13.9. The predicted molar refractivity (Wildman–Crippen MR) is 93.0 cm³/mol. The minimum Gasteiger partial charge on any atom is -0.497 e. The fraction of sp³-hybridized carbons (Fsp3) is 0.105. The molecule has 2 aromatic carbocycles. The van der Waals surface area contributed by atoms with Crippen LogP contribution in [-0.4, -0.2) is 29.9 Å². The second-order valence-electron chi connectivity index (χ2n) is 5.15. The SMILES string of the molecule is COc1ccc(C(=O)N=c2ccn(-c3ccccc3)nc2)c(OC)c1. The Bertz CT molecular complexity index is 929. The van der Waals surface area contributed by atoms with Crippen LogP contribution in [0.5, 0.6) is 11.5 Å². The quantitative estimate of drug-likeness (QED) is 0.735. The van der Waals surface area contributed by atoms with Gasteiger partial charge in [-0.05, 0) is 30.3 Å². The molecule has 0 radical (unpaired) electrons. The molecule has 0 aliphatic heterocycles. The Labute approximate surface area is 145 Å². The zero-order chi connectivity index (χ0) is 17.6. The van der Waals surface area contributed by atoms with Gasteiger partial charge in [0, 0.05) is 12.3 Å². The molecule has 0 aliphatic carbocycles. The zero-order valence-electron chi connectivity index (χ0n) is 13.9. The van der Waals surface area contributed by atoms with E-state index in [0.29, 0.717) is 22.4 Å². The maximum Gasteiger partial charge on any atom is 0.281 e. The highest BCUT2D eigenvalue weighted by Crippen LogP contribution is 2.24. The van der Waals surface area contributed by atoms with Crippen molar-refractivity contribution in [1.82, 2.24) is 9.78 Å².